The van der Waals surface area contributed by atoms with E-state index in [-0.39, 0.29) is 18.6 Å². The Kier molecular flexibility index (Phi) is 6.08. The van der Waals surface area contributed by atoms with Crippen LogP contribution in [0.25, 0.3) is 11.0 Å². The molecule has 10 heteroatoms. The van der Waals surface area contributed by atoms with E-state index >= 15 is 0 Å². The third kappa shape index (κ3) is 4.64. The first kappa shape index (κ1) is 20.7. The summed E-state index contributed by atoms with van der Waals surface area (Å²) in [6.45, 7) is 4.85. The van der Waals surface area contributed by atoms with Crippen molar-refractivity contribution in [2.45, 2.75) is 45.7 Å². The molecule has 162 valence electrons. The fraction of sp³-hybridized carbons (Fsp3) is 0.381. The highest BCUT2D eigenvalue weighted by atomic mass is 16.3. The van der Waals surface area contributed by atoms with Gasteiger partial charge >= 0.3 is 0 Å². The smallest absolute Gasteiger partial charge is 0.222 e. The van der Waals surface area contributed by atoms with Crippen LogP contribution in [-0.2, 0) is 13.0 Å². The highest BCUT2D eigenvalue weighted by molar-refractivity contribution is 5.87. The molecule has 0 spiro atoms. The number of aromatic amines is 1. The van der Waals surface area contributed by atoms with E-state index < -0.39 is 0 Å². The van der Waals surface area contributed by atoms with E-state index in [1.807, 2.05) is 12.3 Å². The minimum atomic E-state index is -0.0918. The highest BCUT2D eigenvalue weighted by Gasteiger charge is 2.16. The van der Waals surface area contributed by atoms with Gasteiger partial charge < -0.3 is 20.7 Å². The van der Waals surface area contributed by atoms with Gasteiger partial charge in [-0.3, -0.25) is 0 Å². The predicted octanol–water partition coefficient (Wildman–Crippen LogP) is 2.05. The van der Waals surface area contributed by atoms with Gasteiger partial charge in [0.15, 0.2) is 11.6 Å². The third-order valence-corrected chi connectivity index (χ3v) is 5.33. The number of nitrogens with one attached hydrogen (secondary N) is 2. The Morgan fingerprint density at radius 2 is 2.13 bits per heavy atom. The van der Waals surface area contributed by atoms with Crippen molar-refractivity contribution in [1.82, 2.24) is 35.2 Å². The number of hydrogen-bond donors (Lipinski definition) is 4. The Morgan fingerprint density at radius 3 is 2.87 bits per heavy atom. The number of aliphatic hydroxyl groups is 1. The fourth-order valence-electron chi connectivity index (χ4n) is 3.74. The molecule has 31 heavy (non-hydrogen) atoms. The number of rotatable bonds is 9. The van der Waals surface area contributed by atoms with Crippen LogP contribution in [0.4, 0.5) is 11.8 Å². The number of aromatic nitrogens is 7. The van der Waals surface area contributed by atoms with Gasteiger partial charge in [0.05, 0.1) is 18.2 Å². The number of fused-ring (bicyclic) bond motifs is 1. The lowest BCUT2D eigenvalue weighted by atomic mass is 10.0. The van der Waals surface area contributed by atoms with Crippen LogP contribution in [0.15, 0.2) is 30.5 Å². The molecule has 1 atom stereocenters. The summed E-state index contributed by atoms with van der Waals surface area (Å²) in [6.07, 6.45) is 4.38. The van der Waals surface area contributed by atoms with Crippen LogP contribution in [-0.4, -0.2) is 52.9 Å². The van der Waals surface area contributed by atoms with Crippen molar-refractivity contribution in [3.8, 4) is 0 Å². The van der Waals surface area contributed by atoms with Crippen LogP contribution in [0.2, 0.25) is 0 Å². The minimum absolute atomic E-state index is 0.0250. The van der Waals surface area contributed by atoms with Crippen molar-refractivity contribution in [2.24, 2.45) is 0 Å². The molecule has 0 bridgehead atoms. The minimum Gasteiger partial charge on any atom is -0.394 e. The molecular formula is C21H27N9O. The monoisotopic (exact) mass is 421 g/mol. The number of nitrogens with two attached hydrogens (primary N) is 1. The van der Waals surface area contributed by atoms with Crippen LogP contribution in [0, 0.1) is 6.92 Å². The Morgan fingerprint density at radius 1 is 1.26 bits per heavy atom. The lowest BCUT2D eigenvalue weighted by Gasteiger charge is -2.18. The molecule has 0 aliphatic carbocycles. The van der Waals surface area contributed by atoms with Crippen LogP contribution in [0.3, 0.4) is 0 Å². The number of benzene rings is 1. The van der Waals surface area contributed by atoms with Gasteiger partial charge in [-0.15, -0.1) is 10.2 Å². The standard InChI is InChI=1S/C21H27N9O/c1-3-4-16(12-31)23-20-19-17(24-21(22)25-20)7-8-30(19)11-15-9-14(6-5-13(15)2)10-18-26-28-29-27-18/h5-9,16,31H,3-4,10-12H2,1-2H3,(H3,22,23,24,25)(H,26,27,28,29)/t16-/m0/s1. The van der Waals surface area contributed by atoms with E-state index in [1.165, 1.54) is 11.1 Å². The van der Waals surface area contributed by atoms with Crippen LogP contribution < -0.4 is 11.1 Å². The van der Waals surface area contributed by atoms with Crippen molar-refractivity contribution < 1.29 is 5.11 Å². The van der Waals surface area contributed by atoms with Gasteiger partial charge in [-0.2, -0.15) is 10.2 Å². The second-order valence-electron chi connectivity index (χ2n) is 7.69. The number of aryl methyl sites for hydroxylation is 1. The molecule has 4 rings (SSSR count). The first-order valence-corrected chi connectivity index (χ1v) is 10.4. The molecule has 5 N–H and O–H groups in total. The first-order chi connectivity index (χ1) is 15.1. The van der Waals surface area contributed by atoms with E-state index in [2.05, 4.69) is 72.5 Å². The first-order valence-electron chi connectivity index (χ1n) is 10.4. The van der Waals surface area contributed by atoms with Crippen molar-refractivity contribution in [3.63, 3.8) is 0 Å². The highest BCUT2D eigenvalue weighted by Crippen LogP contribution is 2.26. The molecule has 0 saturated carbocycles. The van der Waals surface area contributed by atoms with E-state index in [4.69, 9.17) is 5.73 Å². The summed E-state index contributed by atoms with van der Waals surface area (Å²) in [4.78, 5) is 8.82. The molecule has 0 unspecified atom stereocenters. The van der Waals surface area contributed by atoms with Gasteiger partial charge in [0, 0.05) is 19.2 Å². The number of H-pyrrole nitrogens is 1. The number of nitrogen functional groups attached to an aromatic ring is 1. The summed E-state index contributed by atoms with van der Waals surface area (Å²) in [7, 11) is 0. The zero-order chi connectivity index (χ0) is 21.8. The van der Waals surface area contributed by atoms with Crippen molar-refractivity contribution in [3.05, 3.63) is 53.0 Å². The number of aliphatic hydroxyl groups excluding tert-OH is 1. The van der Waals surface area contributed by atoms with Crippen LogP contribution >= 0.6 is 0 Å². The van der Waals surface area contributed by atoms with Gasteiger partial charge in [-0.1, -0.05) is 36.8 Å². The van der Waals surface area contributed by atoms with Gasteiger partial charge in [0.1, 0.15) is 5.52 Å². The second-order valence-corrected chi connectivity index (χ2v) is 7.69. The maximum atomic E-state index is 9.73. The zero-order valence-corrected chi connectivity index (χ0v) is 17.7. The van der Waals surface area contributed by atoms with Crippen LogP contribution in [0.5, 0.6) is 0 Å². The summed E-state index contributed by atoms with van der Waals surface area (Å²) in [5.74, 6) is 1.50. The van der Waals surface area contributed by atoms with Crippen molar-refractivity contribution in [1.29, 1.82) is 0 Å². The maximum absolute atomic E-state index is 9.73. The Hall–Kier alpha value is -3.53. The predicted molar refractivity (Wildman–Crippen MR) is 119 cm³/mol. The Balaban J connectivity index is 1.67. The van der Waals surface area contributed by atoms with E-state index in [0.717, 1.165) is 29.4 Å². The van der Waals surface area contributed by atoms with E-state index in [1.54, 1.807) is 0 Å². The SMILES string of the molecule is CCC[C@@H](CO)Nc1nc(N)nc2ccn(Cc3cc(Cc4nn[nH]n4)ccc3C)c12. The summed E-state index contributed by atoms with van der Waals surface area (Å²) in [5, 5.41) is 27.3. The quantitative estimate of drug-likeness (QED) is 0.321. The molecule has 10 nitrogen and oxygen atoms in total. The molecular weight excluding hydrogens is 394 g/mol. The summed E-state index contributed by atoms with van der Waals surface area (Å²) in [6, 6.07) is 8.19. The molecule has 4 aromatic rings. The molecule has 0 amide bonds. The van der Waals surface area contributed by atoms with E-state index in [9.17, 15) is 5.11 Å². The number of anilines is 2. The summed E-state index contributed by atoms with van der Waals surface area (Å²) < 4.78 is 2.11. The molecule has 0 aliphatic heterocycles. The largest absolute Gasteiger partial charge is 0.394 e. The third-order valence-electron chi connectivity index (χ3n) is 5.33. The number of nitrogens with zero attached hydrogens (tertiary/aromatic N) is 6. The topological polar surface area (TPSA) is 143 Å². The van der Waals surface area contributed by atoms with Crippen LogP contribution in [0.1, 0.15) is 42.3 Å². The average molecular weight is 422 g/mol. The summed E-state index contributed by atoms with van der Waals surface area (Å²) in [5.41, 5.74) is 11.0. The maximum Gasteiger partial charge on any atom is 0.222 e. The van der Waals surface area contributed by atoms with Gasteiger partial charge in [0.25, 0.3) is 0 Å². The summed E-state index contributed by atoms with van der Waals surface area (Å²) >= 11 is 0. The zero-order valence-electron chi connectivity index (χ0n) is 17.7. The van der Waals surface area contributed by atoms with Gasteiger partial charge in [-0.25, -0.2) is 4.98 Å². The molecule has 1 aromatic carbocycles. The average Bonchev–Trinajstić information content (AvgIpc) is 3.40. The van der Waals surface area contributed by atoms with Crippen molar-refractivity contribution in [2.75, 3.05) is 17.7 Å². The lowest BCUT2D eigenvalue weighted by molar-refractivity contribution is 0.268. The Bertz CT molecular complexity index is 1150. The molecule has 0 saturated heterocycles. The number of tetrazole rings is 1. The van der Waals surface area contributed by atoms with Gasteiger partial charge in [0.2, 0.25) is 5.95 Å². The second kappa shape index (κ2) is 9.09. The molecule has 3 heterocycles. The fourth-order valence-corrected chi connectivity index (χ4v) is 3.74. The van der Waals surface area contributed by atoms with E-state index in [0.29, 0.717) is 24.6 Å². The molecule has 0 radical (unpaired) electrons. The number of hydrogen-bond acceptors (Lipinski definition) is 8. The van der Waals surface area contributed by atoms with Gasteiger partial charge in [-0.05, 0) is 36.1 Å². The van der Waals surface area contributed by atoms with Crippen molar-refractivity contribution >= 4 is 22.8 Å². The molecule has 0 fully saturated rings. The molecule has 3 aromatic heterocycles. The normalized spacial score (nSPS) is 12.4. The molecule has 0 aliphatic rings. The Labute approximate surface area is 179 Å². The lowest BCUT2D eigenvalue weighted by Crippen LogP contribution is -2.25.